The van der Waals surface area contributed by atoms with Crippen molar-refractivity contribution in [1.82, 2.24) is 10.6 Å². The predicted octanol–water partition coefficient (Wildman–Crippen LogP) is 0.782. The van der Waals surface area contributed by atoms with E-state index in [0.29, 0.717) is 6.04 Å². The third-order valence-electron chi connectivity index (χ3n) is 3.19. The first-order chi connectivity index (χ1) is 9.33. The Morgan fingerprint density at radius 1 is 1.37 bits per heavy atom. The van der Waals surface area contributed by atoms with Crippen molar-refractivity contribution in [3.05, 3.63) is 23.8 Å². The second-order valence-corrected chi connectivity index (χ2v) is 4.53. The molecule has 5 heteroatoms. The fourth-order valence-corrected chi connectivity index (χ4v) is 2.15. The zero-order chi connectivity index (χ0) is 13.5. The van der Waals surface area contributed by atoms with E-state index >= 15 is 0 Å². The van der Waals surface area contributed by atoms with Gasteiger partial charge in [0, 0.05) is 31.2 Å². The van der Waals surface area contributed by atoms with Crippen molar-refractivity contribution < 1.29 is 14.2 Å². The van der Waals surface area contributed by atoms with Gasteiger partial charge in [0.1, 0.15) is 11.5 Å². The molecule has 2 rings (SSSR count). The molecule has 0 spiro atoms. The van der Waals surface area contributed by atoms with Crippen LogP contribution in [0.4, 0.5) is 0 Å². The molecule has 1 aromatic carbocycles. The highest BCUT2D eigenvalue weighted by molar-refractivity contribution is 5.40. The van der Waals surface area contributed by atoms with Crippen LogP contribution in [0, 0.1) is 0 Å². The van der Waals surface area contributed by atoms with Gasteiger partial charge in [0.25, 0.3) is 0 Å². The molecule has 5 nitrogen and oxygen atoms in total. The molecule has 0 radical (unpaired) electrons. The second-order valence-electron chi connectivity index (χ2n) is 4.53. The number of methoxy groups -OCH3 is 2. The topological polar surface area (TPSA) is 51.8 Å². The maximum atomic E-state index is 5.42. The third-order valence-corrected chi connectivity index (χ3v) is 3.19. The average Bonchev–Trinajstić information content (AvgIpc) is 2.48. The maximum absolute atomic E-state index is 5.42. The highest BCUT2D eigenvalue weighted by Crippen LogP contribution is 2.23. The van der Waals surface area contributed by atoms with Crippen molar-refractivity contribution >= 4 is 0 Å². The molecule has 0 aliphatic carbocycles. The van der Waals surface area contributed by atoms with Crippen molar-refractivity contribution in [2.75, 3.05) is 40.5 Å². The van der Waals surface area contributed by atoms with Crippen molar-refractivity contribution in [2.24, 2.45) is 0 Å². The lowest BCUT2D eigenvalue weighted by atomic mass is 10.1. The highest BCUT2D eigenvalue weighted by atomic mass is 16.5. The van der Waals surface area contributed by atoms with E-state index in [9.17, 15) is 0 Å². The number of nitrogens with one attached hydrogen (secondary N) is 2. The van der Waals surface area contributed by atoms with Crippen molar-refractivity contribution in [3.63, 3.8) is 0 Å². The number of benzene rings is 1. The summed E-state index contributed by atoms with van der Waals surface area (Å²) in [5.74, 6) is 1.72. The van der Waals surface area contributed by atoms with Crippen molar-refractivity contribution in [3.8, 4) is 11.5 Å². The van der Waals surface area contributed by atoms with Gasteiger partial charge in [-0.25, -0.2) is 0 Å². The van der Waals surface area contributed by atoms with Gasteiger partial charge in [-0.15, -0.1) is 0 Å². The lowest BCUT2D eigenvalue weighted by molar-refractivity contribution is 0.0766. The Labute approximate surface area is 114 Å². The van der Waals surface area contributed by atoms with Gasteiger partial charge < -0.3 is 24.8 Å². The summed E-state index contributed by atoms with van der Waals surface area (Å²) in [6, 6.07) is 6.21. The summed E-state index contributed by atoms with van der Waals surface area (Å²) in [5.41, 5.74) is 1.10. The molecule has 106 valence electrons. The first kappa shape index (κ1) is 14.1. The Morgan fingerprint density at radius 3 is 2.95 bits per heavy atom. The second kappa shape index (κ2) is 7.33. The Balaban J connectivity index is 1.86. The summed E-state index contributed by atoms with van der Waals surface area (Å²) in [5, 5.41) is 6.83. The standard InChI is InChI=1S/C14H22N2O3/c1-17-13-3-4-14(18-2)11(7-13)8-15-9-12-10-19-6-5-16-12/h3-4,7,12,15-16H,5-6,8-10H2,1-2H3. The summed E-state index contributed by atoms with van der Waals surface area (Å²) in [7, 11) is 3.35. The van der Waals surface area contributed by atoms with Crippen LogP contribution in [0.3, 0.4) is 0 Å². The Morgan fingerprint density at radius 2 is 2.26 bits per heavy atom. The molecule has 1 atom stereocenters. The molecular weight excluding hydrogens is 244 g/mol. The lowest BCUT2D eigenvalue weighted by Gasteiger charge is -2.24. The molecule has 1 unspecified atom stereocenters. The van der Waals surface area contributed by atoms with Gasteiger partial charge in [-0.2, -0.15) is 0 Å². The maximum Gasteiger partial charge on any atom is 0.123 e. The number of ether oxygens (including phenoxy) is 3. The minimum absolute atomic E-state index is 0.380. The van der Waals surface area contributed by atoms with E-state index in [1.165, 1.54) is 0 Å². The van der Waals surface area contributed by atoms with Gasteiger partial charge in [0.15, 0.2) is 0 Å². The number of hydrogen-bond acceptors (Lipinski definition) is 5. The normalized spacial score (nSPS) is 19.2. The van der Waals surface area contributed by atoms with Crippen LogP contribution in [0.1, 0.15) is 5.56 Å². The average molecular weight is 266 g/mol. The third kappa shape index (κ3) is 4.09. The molecule has 2 N–H and O–H groups in total. The number of rotatable bonds is 6. The monoisotopic (exact) mass is 266 g/mol. The van der Waals surface area contributed by atoms with E-state index in [2.05, 4.69) is 10.6 Å². The van der Waals surface area contributed by atoms with Crippen molar-refractivity contribution in [2.45, 2.75) is 12.6 Å². The molecular formula is C14H22N2O3. The van der Waals surface area contributed by atoms with E-state index in [4.69, 9.17) is 14.2 Å². The molecule has 19 heavy (non-hydrogen) atoms. The lowest BCUT2D eigenvalue weighted by Crippen LogP contribution is -2.47. The summed E-state index contributed by atoms with van der Waals surface area (Å²) in [6.45, 7) is 4.12. The molecule has 1 heterocycles. The molecule has 1 fully saturated rings. The zero-order valence-electron chi connectivity index (χ0n) is 11.6. The van der Waals surface area contributed by atoms with E-state index in [-0.39, 0.29) is 0 Å². The molecule has 1 saturated heterocycles. The first-order valence-electron chi connectivity index (χ1n) is 6.56. The van der Waals surface area contributed by atoms with Crippen molar-refractivity contribution in [1.29, 1.82) is 0 Å². The first-order valence-corrected chi connectivity index (χ1v) is 6.56. The quantitative estimate of drug-likeness (QED) is 0.797. The van der Waals surface area contributed by atoms with Gasteiger partial charge in [-0.3, -0.25) is 0 Å². The van der Waals surface area contributed by atoms with Crippen LogP contribution in [0.15, 0.2) is 18.2 Å². The van der Waals surface area contributed by atoms with Crippen LogP contribution >= 0.6 is 0 Å². The molecule has 1 aromatic rings. The van der Waals surface area contributed by atoms with Crippen LogP contribution in [0.25, 0.3) is 0 Å². The number of hydrogen-bond donors (Lipinski definition) is 2. The zero-order valence-corrected chi connectivity index (χ0v) is 11.6. The molecule has 1 aliphatic rings. The van der Waals surface area contributed by atoms with Crippen LogP contribution in [0.2, 0.25) is 0 Å². The fourth-order valence-electron chi connectivity index (χ4n) is 2.15. The van der Waals surface area contributed by atoms with Gasteiger partial charge >= 0.3 is 0 Å². The van der Waals surface area contributed by atoms with Gasteiger partial charge in [-0.05, 0) is 18.2 Å². The highest BCUT2D eigenvalue weighted by Gasteiger charge is 2.12. The van der Waals surface area contributed by atoms with Gasteiger partial charge in [0.05, 0.1) is 27.4 Å². The number of morpholine rings is 1. The fraction of sp³-hybridized carbons (Fsp3) is 0.571. The van der Waals surface area contributed by atoms with Crippen LogP contribution in [-0.2, 0) is 11.3 Å². The van der Waals surface area contributed by atoms with E-state index < -0.39 is 0 Å². The Kier molecular flexibility index (Phi) is 5.44. The minimum Gasteiger partial charge on any atom is -0.497 e. The van der Waals surface area contributed by atoms with E-state index in [1.807, 2.05) is 18.2 Å². The summed E-state index contributed by atoms with van der Waals surface area (Å²) in [4.78, 5) is 0. The summed E-state index contributed by atoms with van der Waals surface area (Å²) < 4.78 is 16.0. The van der Waals surface area contributed by atoms with E-state index in [0.717, 1.165) is 49.9 Å². The molecule has 0 saturated carbocycles. The SMILES string of the molecule is COc1ccc(OC)c(CNCC2COCCN2)c1. The predicted molar refractivity (Wildman–Crippen MR) is 73.9 cm³/mol. The van der Waals surface area contributed by atoms with E-state index in [1.54, 1.807) is 14.2 Å². The van der Waals surface area contributed by atoms with Crippen LogP contribution in [-0.4, -0.2) is 46.6 Å². The Hall–Kier alpha value is -1.30. The molecule has 0 aromatic heterocycles. The Bertz CT molecular complexity index is 392. The van der Waals surface area contributed by atoms with Crippen LogP contribution in [0.5, 0.6) is 11.5 Å². The minimum atomic E-state index is 0.380. The molecule has 0 amide bonds. The molecule has 1 aliphatic heterocycles. The smallest absolute Gasteiger partial charge is 0.123 e. The summed E-state index contributed by atoms with van der Waals surface area (Å²) >= 11 is 0. The van der Waals surface area contributed by atoms with Gasteiger partial charge in [0.2, 0.25) is 0 Å². The largest absolute Gasteiger partial charge is 0.497 e. The molecule has 0 bridgehead atoms. The van der Waals surface area contributed by atoms with Crippen LogP contribution < -0.4 is 20.1 Å². The summed E-state index contributed by atoms with van der Waals surface area (Å²) in [6.07, 6.45) is 0. The van der Waals surface area contributed by atoms with Gasteiger partial charge in [-0.1, -0.05) is 0 Å².